The van der Waals surface area contributed by atoms with Gasteiger partial charge in [-0.25, -0.2) is 9.59 Å². The third kappa shape index (κ3) is 4.35. The van der Waals surface area contributed by atoms with Crippen molar-refractivity contribution in [3.05, 3.63) is 71.8 Å². The molecule has 0 bridgehead atoms. The first-order valence-corrected chi connectivity index (χ1v) is 9.40. The van der Waals surface area contributed by atoms with Gasteiger partial charge in [-0.2, -0.15) is 0 Å². The number of hydrogen-bond acceptors (Lipinski definition) is 4. The molecule has 5 nitrogen and oxygen atoms in total. The number of urea groups is 1. The van der Waals surface area contributed by atoms with Crippen molar-refractivity contribution < 1.29 is 14.3 Å². The van der Waals surface area contributed by atoms with Gasteiger partial charge in [0.05, 0.1) is 12.2 Å². The number of ether oxygens (including phenoxy) is 1. The van der Waals surface area contributed by atoms with Crippen LogP contribution in [0.1, 0.15) is 22.8 Å². The van der Waals surface area contributed by atoms with E-state index < -0.39 is 12.0 Å². The molecule has 2 N–H and O–H groups in total. The van der Waals surface area contributed by atoms with Crippen LogP contribution < -0.4 is 10.6 Å². The molecule has 0 saturated carbocycles. The maximum Gasteiger partial charge on any atom is 0.341 e. The highest BCUT2D eigenvalue weighted by Crippen LogP contribution is 2.40. The number of amides is 2. The molecule has 0 aliphatic carbocycles. The molecule has 0 spiro atoms. The molecule has 27 heavy (non-hydrogen) atoms. The Balaban J connectivity index is 1.93. The van der Waals surface area contributed by atoms with E-state index in [1.54, 1.807) is 19.1 Å². The largest absolute Gasteiger partial charge is 0.462 e. The Morgan fingerprint density at radius 2 is 1.59 bits per heavy atom. The summed E-state index contributed by atoms with van der Waals surface area (Å²) in [5, 5.41) is 6.03. The summed E-state index contributed by atoms with van der Waals surface area (Å²) in [4.78, 5) is 25.8. The standard InChI is InChI=1S/C21H20N2O3S/c1-3-26-20(24)17-14(2)18(15-10-6-4-7-11-15)27-19(17)23-21(25)22-16-12-8-5-9-13-16/h4-13H,3H2,1-2H3,(H2,22,23,25). The lowest BCUT2D eigenvalue weighted by atomic mass is 10.1. The van der Waals surface area contributed by atoms with Crippen LogP contribution in [0.5, 0.6) is 0 Å². The van der Waals surface area contributed by atoms with Crippen LogP contribution in [-0.2, 0) is 4.74 Å². The highest BCUT2D eigenvalue weighted by atomic mass is 32.1. The Morgan fingerprint density at radius 1 is 0.963 bits per heavy atom. The van der Waals surface area contributed by atoms with Gasteiger partial charge in [0, 0.05) is 10.6 Å². The fourth-order valence-electron chi connectivity index (χ4n) is 2.70. The predicted octanol–water partition coefficient (Wildman–Crippen LogP) is 5.54. The normalized spacial score (nSPS) is 10.3. The van der Waals surface area contributed by atoms with Gasteiger partial charge in [0.25, 0.3) is 0 Å². The number of rotatable bonds is 5. The highest BCUT2D eigenvalue weighted by Gasteiger charge is 2.24. The summed E-state index contributed by atoms with van der Waals surface area (Å²) < 4.78 is 5.19. The third-order valence-electron chi connectivity index (χ3n) is 3.92. The first kappa shape index (κ1) is 18.7. The van der Waals surface area contributed by atoms with Crippen molar-refractivity contribution in [2.75, 3.05) is 17.2 Å². The number of para-hydroxylation sites is 1. The quantitative estimate of drug-likeness (QED) is 0.571. The van der Waals surface area contributed by atoms with Crippen molar-refractivity contribution in [1.82, 2.24) is 0 Å². The lowest BCUT2D eigenvalue weighted by Gasteiger charge is -2.08. The van der Waals surface area contributed by atoms with E-state index in [1.165, 1.54) is 11.3 Å². The molecule has 0 saturated heterocycles. The second-order valence-electron chi connectivity index (χ2n) is 5.79. The van der Waals surface area contributed by atoms with Crippen LogP contribution in [0.2, 0.25) is 0 Å². The second-order valence-corrected chi connectivity index (χ2v) is 6.81. The average molecular weight is 380 g/mol. The van der Waals surface area contributed by atoms with E-state index in [4.69, 9.17) is 4.74 Å². The maximum absolute atomic E-state index is 12.5. The van der Waals surface area contributed by atoms with Gasteiger partial charge in [-0.15, -0.1) is 11.3 Å². The summed E-state index contributed by atoms with van der Waals surface area (Å²) in [7, 11) is 0. The first-order valence-electron chi connectivity index (χ1n) is 8.59. The highest BCUT2D eigenvalue weighted by molar-refractivity contribution is 7.20. The molecule has 0 aliphatic rings. The van der Waals surface area contributed by atoms with E-state index in [9.17, 15) is 9.59 Å². The Kier molecular flexibility index (Phi) is 5.88. The molecule has 2 amide bonds. The number of anilines is 2. The van der Waals surface area contributed by atoms with Gasteiger partial charge < -0.3 is 10.1 Å². The number of hydrogen-bond donors (Lipinski definition) is 2. The van der Waals surface area contributed by atoms with E-state index in [-0.39, 0.29) is 6.61 Å². The van der Waals surface area contributed by atoms with E-state index in [1.807, 2.05) is 55.5 Å². The van der Waals surface area contributed by atoms with Crippen molar-refractivity contribution >= 4 is 34.0 Å². The summed E-state index contributed by atoms with van der Waals surface area (Å²) in [6.45, 7) is 3.89. The van der Waals surface area contributed by atoms with Crippen LogP contribution in [-0.4, -0.2) is 18.6 Å². The van der Waals surface area contributed by atoms with Crippen LogP contribution in [0, 0.1) is 6.92 Å². The van der Waals surface area contributed by atoms with Gasteiger partial charge in [0.1, 0.15) is 5.00 Å². The number of carbonyl (C=O) groups excluding carboxylic acids is 2. The van der Waals surface area contributed by atoms with Crippen molar-refractivity contribution in [2.45, 2.75) is 13.8 Å². The van der Waals surface area contributed by atoms with E-state index in [2.05, 4.69) is 10.6 Å². The van der Waals surface area contributed by atoms with Crippen molar-refractivity contribution in [3.63, 3.8) is 0 Å². The molecule has 3 rings (SSSR count). The molecule has 138 valence electrons. The average Bonchev–Trinajstić information content (AvgIpc) is 2.99. The van der Waals surface area contributed by atoms with Crippen LogP contribution in [0.4, 0.5) is 15.5 Å². The minimum Gasteiger partial charge on any atom is -0.462 e. The van der Waals surface area contributed by atoms with Gasteiger partial charge in [0.15, 0.2) is 0 Å². The Morgan fingerprint density at radius 3 is 2.22 bits per heavy atom. The van der Waals surface area contributed by atoms with Crippen molar-refractivity contribution in [1.29, 1.82) is 0 Å². The molecule has 0 radical (unpaired) electrons. The monoisotopic (exact) mass is 380 g/mol. The van der Waals surface area contributed by atoms with Crippen LogP contribution in [0.3, 0.4) is 0 Å². The number of nitrogens with one attached hydrogen (secondary N) is 2. The van der Waals surface area contributed by atoms with Crippen LogP contribution in [0.25, 0.3) is 10.4 Å². The van der Waals surface area contributed by atoms with E-state index in [0.29, 0.717) is 16.3 Å². The zero-order valence-electron chi connectivity index (χ0n) is 15.1. The van der Waals surface area contributed by atoms with Crippen molar-refractivity contribution in [2.24, 2.45) is 0 Å². The zero-order valence-corrected chi connectivity index (χ0v) is 15.9. The number of benzene rings is 2. The second kappa shape index (κ2) is 8.51. The summed E-state index contributed by atoms with van der Waals surface area (Å²) in [6, 6.07) is 18.5. The fourth-order valence-corrected chi connectivity index (χ4v) is 3.90. The van der Waals surface area contributed by atoms with Gasteiger partial charge in [0.2, 0.25) is 0 Å². The smallest absolute Gasteiger partial charge is 0.341 e. The molecule has 3 aromatic rings. The summed E-state index contributed by atoms with van der Waals surface area (Å²) in [5.41, 5.74) is 2.84. The molecule has 1 heterocycles. The summed E-state index contributed by atoms with van der Waals surface area (Å²) in [5.74, 6) is -0.441. The SMILES string of the molecule is CCOC(=O)c1c(NC(=O)Nc2ccccc2)sc(-c2ccccc2)c1C. The number of carbonyl (C=O) groups is 2. The lowest BCUT2D eigenvalue weighted by molar-refractivity contribution is 0.0527. The molecule has 0 fully saturated rings. The topological polar surface area (TPSA) is 67.4 Å². The van der Waals surface area contributed by atoms with Crippen LogP contribution >= 0.6 is 11.3 Å². The predicted molar refractivity (Wildman–Crippen MR) is 110 cm³/mol. The maximum atomic E-state index is 12.5. The molecule has 0 aliphatic heterocycles. The Hall–Kier alpha value is -3.12. The zero-order chi connectivity index (χ0) is 19.2. The summed E-state index contributed by atoms with van der Waals surface area (Å²) in [6.07, 6.45) is 0. The third-order valence-corrected chi connectivity index (χ3v) is 5.18. The molecule has 1 aromatic heterocycles. The molecule has 2 aromatic carbocycles. The van der Waals surface area contributed by atoms with Crippen molar-refractivity contribution in [3.8, 4) is 10.4 Å². The van der Waals surface area contributed by atoms with E-state index in [0.717, 1.165) is 16.0 Å². The first-order chi connectivity index (χ1) is 13.1. The van der Waals surface area contributed by atoms with Gasteiger partial charge in [-0.05, 0) is 37.1 Å². The number of esters is 1. The minimum atomic E-state index is -0.441. The van der Waals surface area contributed by atoms with Gasteiger partial charge >= 0.3 is 12.0 Å². The van der Waals surface area contributed by atoms with Gasteiger partial charge in [-0.3, -0.25) is 5.32 Å². The number of thiophene rings is 1. The molecule has 0 atom stereocenters. The Labute approximate surface area is 162 Å². The molecular weight excluding hydrogens is 360 g/mol. The van der Waals surface area contributed by atoms with Gasteiger partial charge in [-0.1, -0.05) is 48.5 Å². The molecule has 6 heteroatoms. The lowest BCUT2D eigenvalue weighted by Crippen LogP contribution is -2.20. The molecular formula is C21H20N2O3S. The minimum absolute atomic E-state index is 0.268. The Bertz CT molecular complexity index is 937. The molecule has 0 unspecified atom stereocenters. The fraction of sp³-hybridized carbons (Fsp3) is 0.143. The van der Waals surface area contributed by atoms with E-state index >= 15 is 0 Å². The summed E-state index contributed by atoms with van der Waals surface area (Å²) >= 11 is 1.36. The van der Waals surface area contributed by atoms with Crippen LogP contribution in [0.15, 0.2) is 60.7 Å².